The predicted molar refractivity (Wildman–Crippen MR) is 48.7 cm³/mol. The van der Waals surface area contributed by atoms with Gasteiger partial charge < -0.3 is 5.73 Å². The lowest BCUT2D eigenvalue weighted by molar-refractivity contribution is -0.118. The van der Waals surface area contributed by atoms with Gasteiger partial charge in [0.2, 0.25) is 0 Å². The highest BCUT2D eigenvalue weighted by atomic mass is 19.1. The van der Waals surface area contributed by atoms with Gasteiger partial charge in [-0.1, -0.05) is 0 Å². The molecule has 0 aromatic heterocycles. The van der Waals surface area contributed by atoms with Crippen molar-refractivity contribution >= 4 is 5.78 Å². The minimum absolute atomic E-state index is 0.0245. The lowest BCUT2D eigenvalue weighted by Crippen LogP contribution is -2.19. The summed E-state index contributed by atoms with van der Waals surface area (Å²) >= 11 is 0. The number of ketones is 1. The molecule has 78 valence electrons. The molecular weight excluding hydrogens is 202 g/mol. The molecule has 0 radical (unpaired) electrons. The fourth-order valence-electron chi connectivity index (χ4n) is 1.11. The summed E-state index contributed by atoms with van der Waals surface area (Å²) in [5.74, 6) is -2.42. The van der Waals surface area contributed by atoms with Gasteiger partial charge in [-0.25, -0.2) is 8.78 Å². The first-order valence-electron chi connectivity index (χ1n) is 4.12. The van der Waals surface area contributed by atoms with Crippen LogP contribution < -0.4 is 5.73 Å². The third kappa shape index (κ3) is 2.17. The van der Waals surface area contributed by atoms with Gasteiger partial charge in [-0.15, -0.1) is 0 Å². The van der Waals surface area contributed by atoms with Crippen LogP contribution in [0.15, 0.2) is 12.1 Å². The number of hydrogen-bond acceptors (Lipinski definition) is 3. The Kier molecular flexibility index (Phi) is 3.12. The van der Waals surface area contributed by atoms with Gasteiger partial charge in [0.1, 0.15) is 23.3 Å². The molecule has 0 heterocycles. The number of carbonyl (C=O) groups is 1. The van der Waals surface area contributed by atoms with Crippen LogP contribution in [-0.2, 0) is 4.79 Å². The van der Waals surface area contributed by atoms with E-state index in [4.69, 9.17) is 11.0 Å². The molecule has 0 fully saturated rings. The molecule has 1 unspecified atom stereocenters. The van der Waals surface area contributed by atoms with E-state index in [0.717, 1.165) is 12.1 Å². The van der Waals surface area contributed by atoms with Gasteiger partial charge >= 0.3 is 0 Å². The second-order valence-corrected chi connectivity index (χ2v) is 3.06. The molecule has 2 N–H and O–H groups in total. The van der Waals surface area contributed by atoms with Gasteiger partial charge in [-0.3, -0.25) is 4.79 Å². The van der Waals surface area contributed by atoms with Crippen molar-refractivity contribution in [3.63, 3.8) is 0 Å². The van der Waals surface area contributed by atoms with E-state index in [-0.39, 0.29) is 5.56 Å². The Bertz CT molecular complexity index is 428. The van der Waals surface area contributed by atoms with Crippen LogP contribution >= 0.6 is 0 Å². The molecule has 1 aromatic carbocycles. The molecule has 0 aliphatic heterocycles. The number of nitrogens with zero attached hydrogens (tertiary/aromatic N) is 1. The number of halogens is 2. The molecule has 0 spiro atoms. The summed E-state index contributed by atoms with van der Waals surface area (Å²) in [6.45, 7) is 1.22. The summed E-state index contributed by atoms with van der Waals surface area (Å²) in [5.41, 5.74) is 4.75. The fourth-order valence-corrected chi connectivity index (χ4v) is 1.11. The topological polar surface area (TPSA) is 66.9 Å². The molecule has 5 heteroatoms. The van der Waals surface area contributed by atoms with Crippen LogP contribution in [0.2, 0.25) is 0 Å². The molecule has 15 heavy (non-hydrogen) atoms. The first-order valence-corrected chi connectivity index (χ1v) is 4.12. The number of carbonyl (C=O) groups excluding carboxylic acids is 1. The summed E-state index contributed by atoms with van der Waals surface area (Å²) in [6.07, 6.45) is 0. The smallest absolute Gasteiger partial charge is 0.150 e. The zero-order valence-corrected chi connectivity index (χ0v) is 7.92. The van der Waals surface area contributed by atoms with Crippen molar-refractivity contribution in [1.29, 1.82) is 5.26 Å². The van der Waals surface area contributed by atoms with Crippen molar-refractivity contribution in [2.45, 2.75) is 13.0 Å². The standard InChI is InChI=1S/C10H8F2N2O/c1-5(15)10(14)6-2-8(11)7(4-13)9(12)3-6/h2-3,10H,14H2,1H3. The molecule has 1 atom stereocenters. The van der Waals surface area contributed by atoms with Crippen molar-refractivity contribution in [3.05, 3.63) is 34.9 Å². The van der Waals surface area contributed by atoms with E-state index in [2.05, 4.69) is 0 Å². The highest BCUT2D eigenvalue weighted by Crippen LogP contribution is 2.19. The molecule has 1 aromatic rings. The van der Waals surface area contributed by atoms with E-state index in [1.165, 1.54) is 13.0 Å². The summed E-state index contributed by atoms with van der Waals surface area (Å²) in [6, 6.07) is 2.11. The van der Waals surface area contributed by atoms with Crippen LogP contribution in [0.3, 0.4) is 0 Å². The van der Waals surface area contributed by atoms with Gasteiger partial charge in [-0.05, 0) is 24.6 Å². The molecule has 3 nitrogen and oxygen atoms in total. The molecule has 0 saturated heterocycles. The maximum absolute atomic E-state index is 13.1. The maximum Gasteiger partial charge on any atom is 0.150 e. The Morgan fingerprint density at radius 3 is 2.27 bits per heavy atom. The number of rotatable bonds is 2. The fraction of sp³-hybridized carbons (Fsp3) is 0.200. The minimum atomic E-state index is -1.07. The molecule has 1 rings (SSSR count). The third-order valence-corrected chi connectivity index (χ3v) is 1.97. The molecule has 0 aliphatic carbocycles. The summed E-state index contributed by atoms with van der Waals surface area (Å²) in [4.78, 5) is 10.9. The molecule has 0 saturated carbocycles. The Hall–Kier alpha value is -1.80. The summed E-state index contributed by atoms with van der Waals surface area (Å²) in [5, 5.41) is 8.41. The van der Waals surface area contributed by atoms with Crippen molar-refractivity contribution in [2.75, 3.05) is 0 Å². The van der Waals surface area contributed by atoms with Gasteiger partial charge in [0.15, 0.2) is 5.78 Å². The normalized spacial score (nSPS) is 11.9. The molecule has 0 bridgehead atoms. The third-order valence-electron chi connectivity index (χ3n) is 1.97. The van der Waals surface area contributed by atoms with Crippen LogP contribution in [0, 0.1) is 23.0 Å². The van der Waals surface area contributed by atoms with Crippen LogP contribution in [0.1, 0.15) is 24.1 Å². The SMILES string of the molecule is CC(=O)C(N)c1cc(F)c(C#N)c(F)c1. The van der Waals surface area contributed by atoms with Gasteiger partial charge in [0, 0.05) is 0 Å². The largest absolute Gasteiger partial charge is 0.318 e. The van der Waals surface area contributed by atoms with Crippen LogP contribution in [0.25, 0.3) is 0 Å². The van der Waals surface area contributed by atoms with E-state index in [1.807, 2.05) is 0 Å². The number of nitriles is 1. The van der Waals surface area contributed by atoms with Crippen LogP contribution in [-0.4, -0.2) is 5.78 Å². The number of hydrogen-bond donors (Lipinski definition) is 1. The van der Waals surface area contributed by atoms with Crippen molar-refractivity contribution in [2.24, 2.45) is 5.73 Å². The Labute approximate surface area is 85.1 Å². The van der Waals surface area contributed by atoms with Gasteiger partial charge in [-0.2, -0.15) is 5.26 Å². The monoisotopic (exact) mass is 210 g/mol. The Balaban J connectivity index is 3.27. The summed E-state index contributed by atoms with van der Waals surface area (Å²) < 4.78 is 26.2. The zero-order valence-electron chi connectivity index (χ0n) is 7.92. The number of Topliss-reactive ketones (excluding diaryl/α,β-unsaturated/α-hetero) is 1. The second kappa shape index (κ2) is 4.15. The molecule has 0 amide bonds. The maximum atomic E-state index is 13.1. The van der Waals surface area contributed by atoms with Gasteiger partial charge in [0.05, 0.1) is 6.04 Å². The Morgan fingerprint density at radius 2 is 1.93 bits per heavy atom. The quantitative estimate of drug-likeness (QED) is 0.802. The molecule has 0 aliphatic rings. The highest BCUT2D eigenvalue weighted by molar-refractivity contribution is 5.82. The first-order chi connectivity index (χ1) is 6.97. The lowest BCUT2D eigenvalue weighted by atomic mass is 10.0. The number of nitrogens with two attached hydrogens (primary N) is 1. The average Bonchev–Trinajstić information content (AvgIpc) is 2.15. The first kappa shape index (κ1) is 11.3. The van der Waals surface area contributed by atoms with E-state index < -0.39 is 29.0 Å². The molecular formula is C10H8F2N2O. The lowest BCUT2D eigenvalue weighted by Gasteiger charge is -2.08. The average molecular weight is 210 g/mol. The second-order valence-electron chi connectivity index (χ2n) is 3.06. The van der Waals surface area contributed by atoms with E-state index in [0.29, 0.717) is 0 Å². The van der Waals surface area contributed by atoms with Crippen molar-refractivity contribution < 1.29 is 13.6 Å². The Morgan fingerprint density at radius 1 is 1.47 bits per heavy atom. The zero-order chi connectivity index (χ0) is 11.6. The highest BCUT2D eigenvalue weighted by Gasteiger charge is 2.17. The van der Waals surface area contributed by atoms with Gasteiger partial charge in [0.25, 0.3) is 0 Å². The summed E-state index contributed by atoms with van der Waals surface area (Å²) in [7, 11) is 0. The number of benzene rings is 1. The van der Waals surface area contributed by atoms with Crippen LogP contribution in [0.4, 0.5) is 8.78 Å². The van der Waals surface area contributed by atoms with Crippen molar-refractivity contribution in [3.8, 4) is 6.07 Å². The van der Waals surface area contributed by atoms with E-state index >= 15 is 0 Å². The predicted octanol–water partition coefficient (Wildman–Crippen LogP) is 1.43. The minimum Gasteiger partial charge on any atom is -0.318 e. The van der Waals surface area contributed by atoms with E-state index in [9.17, 15) is 13.6 Å². The van der Waals surface area contributed by atoms with E-state index in [1.54, 1.807) is 0 Å². The van der Waals surface area contributed by atoms with Crippen molar-refractivity contribution in [1.82, 2.24) is 0 Å². The van der Waals surface area contributed by atoms with Crippen LogP contribution in [0.5, 0.6) is 0 Å².